The van der Waals surface area contributed by atoms with Gasteiger partial charge in [-0.15, -0.1) is 0 Å². The predicted molar refractivity (Wildman–Crippen MR) is 125 cm³/mol. The zero-order valence-electron chi connectivity index (χ0n) is 21.5. The molecular weight excluding hydrogens is 476 g/mol. The number of ether oxygens (including phenoxy) is 1. The second-order valence-corrected chi connectivity index (χ2v) is 10.8. The number of halogens is 2. The van der Waals surface area contributed by atoms with Crippen LogP contribution in [0.4, 0.5) is 8.78 Å². The first kappa shape index (κ1) is 36.6. The molecule has 0 heterocycles. The quantitative estimate of drug-likeness (QED) is 0.0921. The first-order valence-electron chi connectivity index (χ1n) is 12.9. The van der Waals surface area contributed by atoms with E-state index in [-0.39, 0.29) is 36.0 Å². The van der Waals surface area contributed by atoms with E-state index in [4.69, 9.17) is 9.63 Å². The molecule has 0 saturated heterocycles. The van der Waals surface area contributed by atoms with Crippen molar-refractivity contribution in [3.63, 3.8) is 0 Å². The third kappa shape index (κ3) is 21.7. The summed E-state index contributed by atoms with van der Waals surface area (Å²) in [5.41, 5.74) is -4.45. The standard InChI is InChI=1S/C24H47F2O6P.Na/c1-2-3-4-5-6-7-8-9-10-11-12-13-14-15-16-17-18-19-23(28)32-21-22(27)20-24(25,26)33(29,30)31;/h22,27H,2-21H2,1H3,(H2,29,30,31);/q;+1/p-1. The minimum atomic E-state index is -5.90. The fourth-order valence-corrected chi connectivity index (χ4v) is 4.15. The van der Waals surface area contributed by atoms with Gasteiger partial charge in [0.15, 0.2) is 0 Å². The summed E-state index contributed by atoms with van der Waals surface area (Å²) >= 11 is 0. The SMILES string of the molecule is CCCCCCCCCCCCCCCCCCCC(=O)OCC(O)CC(F)(F)P(=O)([O-])O.[Na+]. The minimum absolute atomic E-state index is 0. The van der Waals surface area contributed by atoms with Crippen LogP contribution in [0.1, 0.15) is 129 Å². The van der Waals surface area contributed by atoms with Crippen LogP contribution in [0.25, 0.3) is 0 Å². The molecular formula is C24H46F2NaO6P. The van der Waals surface area contributed by atoms with Crippen LogP contribution in [0.3, 0.4) is 0 Å². The number of esters is 1. The van der Waals surface area contributed by atoms with Crippen molar-refractivity contribution in [3.05, 3.63) is 0 Å². The van der Waals surface area contributed by atoms with Gasteiger partial charge in [0.05, 0.1) is 6.10 Å². The van der Waals surface area contributed by atoms with Gasteiger partial charge in [-0.1, -0.05) is 110 Å². The van der Waals surface area contributed by atoms with Crippen molar-refractivity contribution in [2.45, 2.75) is 141 Å². The van der Waals surface area contributed by atoms with Gasteiger partial charge in [0.2, 0.25) is 7.60 Å². The second-order valence-electron chi connectivity index (χ2n) is 9.13. The molecule has 0 aromatic carbocycles. The van der Waals surface area contributed by atoms with E-state index in [9.17, 15) is 28.1 Å². The van der Waals surface area contributed by atoms with E-state index in [1.165, 1.54) is 83.5 Å². The molecule has 6 nitrogen and oxygen atoms in total. The van der Waals surface area contributed by atoms with Crippen molar-refractivity contribution in [2.24, 2.45) is 0 Å². The fraction of sp³-hybridized carbons (Fsp3) is 0.958. The van der Waals surface area contributed by atoms with E-state index in [1.54, 1.807) is 0 Å². The monoisotopic (exact) mass is 522 g/mol. The molecule has 2 atom stereocenters. The van der Waals surface area contributed by atoms with E-state index in [2.05, 4.69) is 6.92 Å². The Bertz CT molecular complexity index is 534. The van der Waals surface area contributed by atoms with Crippen molar-refractivity contribution in [1.82, 2.24) is 0 Å². The number of rotatable bonds is 23. The zero-order chi connectivity index (χ0) is 25.0. The zero-order valence-corrected chi connectivity index (χ0v) is 24.3. The third-order valence-corrected chi connectivity index (χ3v) is 6.83. The Labute approximate surface area is 227 Å². The maximum atomic E-state index is 13.1. The number of hydrogen-bond acceptors (Lipinski definition) is 5. The largest absolute Gasteiger partial charge is 1.00 e. The predicted octanol–water partition coefficient (Wildman–Crippen LogP) is 3.46. The van der Waals surface area contributed by atoms with Crippen molar-refractivity contribution < 1.29 is 67.3 Å². The molecule has 0 fully saturated rings. The molecule has 34 heavy (non-hydrogen) atoms. The molecule has 198 valence electrons. The summed E-state index contributed by atoms with van der Waals surface area (Å²) in [6.45, 7) is 1.52. The Hall–Kier alpha value is 0.440. The summed E-state index contributed by atoms with van der Waals surface area (Å²) in [4.78, 5) is 30.5. The van der Waals surface area contributed by atoms with Gasteiger partial charge in [0.25, 0.3) is 0 Å². The average Bonchev–Trinajstić information content (AvgIpc) is 2.73. The van der Waals surface area contributed by atoms with Gasteiger partial charge in [-0.3, -0.25) is 4.79 Å². The van der Waals surface area contributed by atoms with Crippen LogP contribution in [-0.4, -0.2) is 34.3 Å². The maximum absolute atomic E-state index is 13.1. The Kier molecular flexibility index (Phi) is 24.4. The van der Waals surface area contributed by atoms with Crippen LogP contribution in [0.2, 0.25) is 0 Å². The smallest absolute Gasteiger partial charge is 0.774 e. The summed E-state index contributed by atoms with van der Waals surface area (Å²) in [5, 5.41) is 9.39. The van der Waals surface area contributed by atoms with Gasteiger partial charge >= 0.3 is 41.2 Å². The summed E-state index contributed by atoms with van der Waals surface area (Å²) < 4.78 is 41.4. The van der Waals surface area contributed by atoms with Gasteiger partial charge in [0, 0.05) is 12.8 Å². The van der Waals surface area contributed by atoms with Crippen molar-refractivity contribution in [1.29, 1.82) is 0 Å². The Morgan fingerprint density at radius 2 is 1.21 bits per heavy atom. The van der Waals surface area contributed by atoms with Crippen LogP contribution >= 0.6 is 7.60 Å². The van der Waals surface area contributed by atoms with Gasteiger partial charge in [0.1, 0.15) is 6.61 Å². The van der Waals surface area contributed by atoms with Crippen LogP contribution in [-0.2, 0) is 14.1 Å². The molecule has 0 rings (SSSR count). The molecule has 0 spiro atoms. The Morgan fingerprint density at radius 1 is 0.853 bits per heavy atom. The molecule has 0 amide bonds. The Balaban J connectivity index is 0. The molecule has 0 aromatic heterocycles. The van der Waals surface area contributed by atoms with Crippen LogP contribution < -0.4 is 34.5 Å². The number of alkyl halides is 2. The molecule has 0 aliphatic carbocycles. The minimum Gasteiger partial charge on any atom is -0.774 e. The van der Waals surface area contributed by atoms with Gasteiger partial charge < -0.3 is 24.2 Å². The number of aliphatic hydroxyl groups is 1. The first-order chi connectivity index (χ1) is 15.6. The van der Waals surface area contributed by atoms with E-state index in [0.717, 1.165) is 19.3 Å². The first-order valence-corrected chi connectivity index (χ1v) is 14.4. The molecule has 0 aliphatic heterocycles. The van der Waals surface area contributed by atoms with Gasteiger partial charge in [-0.2, -0.15) is 8.78 Å². The normalized spacial score (nSPS) is 14.3. The van der Waals surface area contributed by atoms with E-state index in [0.29, 0.717) is 6.42 Å². The van der Waals surface area contributed by atoms with Crippen LogP contribution in [0.5, 0.6) is 0 Å². The molecule has 2 unspecified atom stereocenters. The summed E-state index contributed by atoms with van der Waals surface area (Å²) in [6.07, 6.45) is 17.7. The van der Waals surface area contributed by atoms with Crippen molar-refractivity contribution in [3.8, 4) is 0 Å². The maximum Gasteiger partial charge on any atom is 1.00 e. The second kappa shape index (κ2) is 22.6. The molecule has 0 aliphatic rings. The number of hydrogen-bond donors (Lipinski definition) is 2. The molecule has 10 heteroatoms. The van der Waals surface area contributed by atoms with Crippen molar-refractivity contribution in [2.75, 3.05) is 6.61 Å². The van der Waals surface area contributed by atoms with E-state index < -0.39 is 38.4 Å². The fourth-order valence-electron chi connectivity index (χ4n) is 3.71. The summed E-state index contributed by atoms with van der Waals surface area (Å²) in [5.74, 6) is -0.618. The summed E-state index contributed by atoms with van der Waals surface area (Å²) in [7, 11) is -5.90. The molecule has 0 saturated carbocycles. The molecule has 0 radical (unpaired) electrons. The van der Waals surface area contributed by atoms with Crippen LogP contribution in [0, 0.1) is 0 Å². The molecule has 0 aromatic rings. The average molecular weight is 523 g/mol. The summed E-state index contributed by atoms with van der Waals surface area (Å²) in [6, 6.07) is 0. The third-order valence-electron chi connectivity index (χ3n) is 5.82. The molecule has 0 bridgehead atoms. The van der Waals surface area contributed by atoms with E-state index in [1.807, 2.05) is 0 Å². The number of aliphatic hydroxyl groups excluding tert-OH is 1. The van der Waals surface area contributed by atoms with Gasteiger partial charge in [-0.25, -0.2) is 0 Å². The van der Waals surface area contributed by atoms with Crippen LogP contribution in [0.15, 0.2) is 0 Å². The van der Waals surface area contributed by atoms with Gasteiger partial charge in [-0.05, 0) is 6.42 Å². The Morgan fingerprint density at radius 3 is 1.56 bits per heavy atom. The number of unbranched alkanes of at least 4 members (excludes halogenated alkanes) is 16. The molecule has 2 N–H and O–H groups in total. The van der Waals surface area contributed by atoms with Crippen molar-refractivity contribution >= 4 is 13.6 Å². The van der Waals surface area contributed by atoms with E-state index >= 15 is 0 Å². The number of carbonyl (C=O) groups is 1. The number of carbonyl (C=O) groups excluding carboxylic acids is 1. The topological polar surface area (TPSA) is 107 Å².